The van der Waals surface area contributed by atoms with Gasteiger partial charge in [0.2, 0.25) is 0 Å². The Balaban J connectivity index is 0.00000242. The van der Waals surface area contributed by atoms with Gasteiger partial charge in [0.1, 0.15) is 11.5 Å². The van der Waals surface area contributed by atoms with Crippen LogP contribution in [0.1, 0.15) is 36.3 Å². The van der Waals surface area contributed by atoms with Crippen molar-refractivity contribution in [2.24, 2.45) is 4.99 Å². The molecule has 0 saturated carbocycles. The summed E-state index contributed by atoms with van der Waals surface area (Å²) in [4.78, 5) is 6.79. The van der Waals surface area contributed by atoms with Crippen molar-refractivity contribution >= 4 is 29.9 Å². The molecule has 2 rings (SSSR count). The maximum atomic E-state index is 5.53. The van der Waals surface area contributed by atoms with Gasteiger partial charge in [0, 0.05) is 32.2 Å². The highest BCUT2D eigenvalue weighted by Gasteiger charge is 2.10. The third-order valence-corrected chi connectivity index (χ3v) is 3.98. The molecule has 0 spiro atoms. The summed E-state index contributed by atoms with van der Waals surface area (Å²) >= 11 is 0. The number of hydrogen-bond donors (Lipinski definition) is 2. The van der Waals surface area contributed by atoms with Gasteiger partial charge < -0.3 is 20.0 Å². The molecule has 0 amide bonds. The molecule has 5 nitrogen and oxygen atoms in total. The molecular weight excluding hydrogens is 391 g/mol. The van der Waals surface area contributed by atoms with Crippen LogP contribution in [0.25, 0.3) is 0 Å². The van der Waals surface area contributed by atoms with E-state index < -0.39 is 0 Å². The number of nitrogens with one attached hydrogen (secondary N) is 2. The first kappa shape index (κ1) is 19.3. The Morgan fingerprint density at radius 2 is 1.95 bits per heavy atom. The van der Waals surface area contributed by atoms with Crippen LogP contribution in [-0.2, 0) is 6.54 Å². The number of nitrogens with zero attached hydrogens (tertiary/aromatic N) is 2. The van der Waals surface area contributed by atoms with Crippen LogP contribution in [0.15, 0.2) is 15.5 Å². The second-order valence-electron chi connectivity index (χ2n) is 5.69. The SMILES string of the molecule is CN=C(NCCN1CCCCC1)NCc1cc(C)oc1C.I. The fourth-order valence-electron chi connectivity index (χ4n) is 2.77. The van der Waals surface area contributed by atoms with Crippen molar-refractivity contribution in [2.45, 2.75) is 39.7 Å². The first-order valence-electron chi connectivity index (χ1n) is 7.92. The first-order valence-corrected chi connectivity index (χ1v) is 7.92. The summed E-state index contributed by atoms with van der Waals surface area (Å²) in [5.41, 5.74) is 1.19. The Hall–Kier alpha value is -0.760. The van der Waals surface area contributed by atoms with Crippen LogP contribution in [0.3, 0.4) is 0 Å². The van der Waals surface area contributed by atoms with Crippen molar-refractivity contribution in [3.05, 3.63) is 23.2 Å². The van der Waals surface area contributed by atoms with Crippen LogP contribution in [0.4, 0.5) is 0 Å². The molecule has 1 fully saturated rings. The number of rotatable bonds is 5. The Labute approximate surface area is 150 Å². The van der Waals surface area contributed by atoms with E-state index >= 15 is 0 Å². The topological polar surface area (TPSA) is 52.8 Å². The van der Waals surface area contributed by atoms with Crippen LogP contribution in [0, 0.1) is 13.8 Å². The number of halogens is 1. The summed E-state index contributed by atoms with van der Waals surface area (Å²) in [5, 5.41) is 6.72. The zero-order chi connectivity index (χ0) is 15.1. The zero-order valence-electron chi connectivity index (χ0n) is 13.9. The molecule has 0 atom stereocenters. The predicted molar refractivity (Wildman–Crippen MR) is 102 cm³/mol. The van der Waals surface area contributed by atoms with Crippen molar-refractivity contribution in [3.63, 3.8) is 0 Å². The van der Waals surface area contributed by atoms with E-state index in [1.54, 1.807) is 0 Å². The predicted octanol–water partition coefficient (Wildman–Crippen LogP) is 2.67. The average molecular weight is 420 g/mol. The van der Waals surface area contributed by atoms with E-state index in [2.05, 4.69) is 26.6 Å². The Bertz CT molecular complexity index is 467. The number of piperidine rings is 1. The fourth-order valence-corrected chi connectivity index (χ4v) is 2.77. The van der Waals surface area contributed by atoms with Crippen molar-refractivity contribution in [3.8, 4) is 0 Å². The number of aliphatic imine (C=N–C) groups is 1. The van der Waals surface area contributed by atoms with Gasteiger partial charge in [-0.15, -0.1) is 24.0 Å². The highest BCUT2D eigenvalue weighted by Crippen LogP contribution is 2.12. The lowest BCUT2D eigenvalue weighted by atomic mass is 10.1. The number of guanidine groups is 1. The molecule has 2 N–H and O–H groups in total. The molecule has 0 radical (unpaired) electrons. The molecule has 0 unspecified atom stereocenters. The van der Waals surface area contributed by atoms with Crippen LogP contribution in [0.2, 0.25) is 0 Å². The molecule has 6 heteroatoms. The quantitative estimate of drug-likeness (QED) is 0.437. The molecule has 126 valence electrons. The lowest BCUT2D eigenvalue weighted by molar-refractivity contribution is 0.232. The number of likely N-dealkylation sites (tertiary alicyclic amines) is 1. The molecule has 0 aromatic carbocycles. The minimum Gasteiger partial charge on any atom is -0.466 e. The summed E-state index contributed by atoms with van der Waals surface area (Å²) < 4.78 is 5.53. The highest BCUT2D eigenvalue weighted by molar-refractivity contribution is 14.0. The van der Waals surface area contributed by atoms with Crippen LogP contribution in [-0.4, -0.2) is 44.1 Å². The van der Waals surface area contributed by atoms with E-state index in [-0.39, 0.29) is 24.0 Å². The third kappa shape index (κ3) is 6.16. The summed E-state index contributed by atoms with van der Waals surface area (Å²) in [5.74, 6) is 2.78. The van der Waals surface area contributed by atoms with Gasteiger partial charge >= 0.3 is 0 Å². The van der Waals surface area contributed by atoms with Gasteiger partial charge in [0.25, 0.3) is 0 Å². The van der Waals surface area contributed by atoms with Gasteiger partial charge in [0.15, 0.2) is 5.96 Å². The van der Waals surface area contributed by atoms with E-state index in [9.17, 15) is 0 Å². The second-order valence-corrected chi connectivity index (χ2v) is 5.69. The summed E-state index contributed by atoms with van der Waals surface area (Å²) in [6.45, 7) is 9.21. The van der Waals surface area contributed by atoms with Gasteiger partial charge in [-0.2, -0.15) is 0 Å². The van der Waals surface area contributed by atoms with E-state index in [0.29, 0.717) is 0 Å². The summed E-state index contributed by atoms with van der Waals surface area (Å²) in [7, 11) is 1.81. The molecule has 1 aromatic heterocycles. The second kappa shape index (κ2) is 10.1. The Morgan fingerprint density at radius 3 is 2.55 bits per heavy atom. The van der Waals surface area contributed by atoms with Crippen molar-refractivity contribution in [1.29, 1.82) is 0 Å². The van der Waals surface area contributed by atoms with Crippen molar-refractivity contribution in [1.82, 2.24) is 15.5 Å². The molecule has 2 heterocycles. The third-order valence-electron chi connectivity index (χ3n) is 3.98. The normalized spacial score (nSPS) is 16.2. The van der Waals surface area contributed by atoms with E-state index in [1.165, 1.54) is 37.9 Å². The van der Waals surface area contributed by atoms with Gasteiger partial charge in [0.05, 0.1) is 0 Å². The minimum atomic E-state index is 0. The maximum absolute atomic E-state index is 5.53. The summed E-state index contributed by atoms with van der Waals surface area (Å²) in [6.07, 6.45) is 4.06. The van der Waals surface area contributed by atoms with E-state index in [1.807, 2.05) is 20.9 Å². The number of furan rings is 1. The largest absolute Gasteiger partial charge is 0.466 e. The van der Waals surface area contributed by atoms with Crippen LogP contribution >= 0.6 is 24.0 Å². The number of aryl methyl sites for hydroxylation is 2. The standard InChI is InChI=1S/C16H28N4O.HI/c1-13-11-15(14(2)21-13)12-19-16(17-3)18-7-10-20-8-5-4-6-9-20;/h11H,4-10,12H2,1-3H3,(H2,17,18,19);1H. The van der Waals surface area contributed by atoms with Gasteiger partial charge in [-0.25, -0.2) is 0 Å². The van der Waals surface area contributed by atoms with Crippen LogP contribution < -0.4 is 10.6 Å². The molecule has 1 aliphatic heterocycles. The lowest BCUT2D eigenvalue weighted by Crippen LogP contribution is -2.42. The van der Waals surface area contributed by atoms with Crippen LogP contribution in [0.5, 0.6) is 0 Å². The lowest BCUT2D eigenvalue weighted by Gasteiger charge is -2.26. The Morgan fingerprint density at radius 1 is 1.23 bits per heavy atom. The molecule has 22 heavy (non-hydrogen) atoms. The molecule has 1 aromatic rings. The van der Waals surface area contributed by atoms with Gasteiger partial charge in [-0.05, 0) is 45.8 Å². The molecular formula is C16H29IN4O. The van der Waals surface area contributed by atoms with Crippen molar-refractivity contribution in [2.75, 3.05) is 33.2 Å². The smallest absolute Gasteiger partial charge is 0.191 e. The zero-order valence-corrected chi connectivity index (χ0v) is 16.3. The molecule has 0 bridgehead atoms. The van der Waals surface area contributed by atoms with E-state index in [4.69, 9.17) is 4.42 Å². The fraction of sp³-hybridized carbons (Fsp3) is 0.688. The molecule has 1 aliphatic rings. The highest BCUT2D eigenvalue weighted by atomic mass is 127. The van der Waals surface area contributed by atoms with Crippen molar-refractivity contribution < 1.29 is 4.42 Å². The van der Waals surface area contributed by atoms with E-state index in [0.717, 1.165) is 37.1 Å². The monoisotopic (exact) mass is 420 g/mol. The van der Waals surface area contributed by atoms with Gasteiger partial charge in [-0.3, -0.25) is 4.99 Å². The van der Waals surface area contributed by atoms with Gasteiger partial charge in [-0.1, -0.05) is 6.42 Å². The maximum Gasteiger partial charge on any atom is 0.191 e. The first-order chi connectivity index (χ1) is 10.2. The molecule has 0 aliphatic carbocycles. The molecule has 1 saturated heterocycles. The minimum absolute atomic E-state index is 0. The number of hydrogen-bond acceptors (Lipinski definition) is 3. The summed E-state index contributed by atoms with van der Waals surface area (Å²) in [6, 6.07) is 2.07. The average Bonchev–Trinajstić information content (AvgIpc) is 2.81. The Kier molecular flexibility index (Phi) is 8.85.